The second kappa shape index (κ2) is 10.8. The molecule has 1 fully saturated rings. The number of carbonyl (C=O) groups excluding carboxylic acids is 1. The van der Waals surface area contributed by atoms with Gasteiger partial charge in [-0.25, -0.2) is 4.98 Å². The van der Waals surface area contributed by atoms with Crippen LogP contribution in [0.1, 0.15) is 52.3 Å². The van der Waals surface area contributed by atoms with E-state index in [0.29, 0.717) is 30.3 Å². The fourth-order valence-corrected chi connectivity index (χ4v) is 5.86. The number of rotatable bonds is 9. The molecule has 1 aliphatic carbocycles. The third-order valence-electron chi connectivity index (χ3n) is 7.78. The first-order valence-electron chi connectivity index (χ1n) is 13.4. The Balaban J connectivity index is 1.23. The summed E-state index contributed by atoms with van der Waals surface area (Å²) in [6.07, 6.45) is 5.69. The predicted octanol–water partition coefficient (Wildman–Crippen LogP) is 4.84. The van der Waals surface area contributed by atoms with Gasteiger partial charge in [-0.15, -0.1) is 10.2 Å². The molecule has 1 amide bonds. The third kappa shape index (κ3) is 4.85. The molecule has 9 heteroatoms. The van der Waals surface area contributed by atoms with Crippen molar-refractivity contribution in [1.29, 1.82) is 5.26 Å². The highest BCUT2D eigenvalue weighted by Crippen LogP contribution is 2.53. The van der Waals surface area contributed by atoms with E-state index in [4.69, 9.17) is 0 Å². The van der Waals surface area contributed by atoms with Crippen molar-refractivity contribution in [3.05, 3.63) is 107 Å². The van der Waals surface area contributed by atoms with Gasteiger partial charge in [-0.1, -0.05) is 42.5 Å². The normalized spacial score (nSPS) is 18.2. The zero-order valence-electron chi connectivity index (χ0n) is 22.3. The van der Waals surface area contributed by atoms with E-state index in [9.17, 15) is 10.1 Å². The molecule has 5 aromatic rings. The number of benzene rings is 2. The molecule has 1 saturated carbocycles. The smallest absolute Gasteiger partial charge is 0.274 e. The lowest BCUT2D eigenvalue weighted by Crippen LogP contribution is -2.44. The molecular formula is C31H30N8O. The van der Waals surface area contributed by atoms with E-state index in [2.05, 4.69) is 55.1 Å². The summed E-state index contributed by atoms with van der Waals surface area (Å²) < 4.78 is 1.94. The van der Waals surface area contributed by atoms with E-state index < -0.39 is 0 Å². The van der Waals surface area contributed by atoms with Crippen LogP contribution in [-0.4, -0.2) is 30.6 Å². The number of H-pyrrole nitrogens is 1. The fourth-order valence-electron chi connectivity index (χ4n) is 5.86. The van der Waals surface area contributed by atoms with Gasteiger partial charge in [0.05, 0.1) is 22.5 Å². The Hall–Kier alpha value is -4.81. The lowest BCUT2D eigenvalue weighted by molar-refractivity contribution is 0.102. The minimum atomic E-state index is -0.340. The van der Waals surface area contributed by atoms with Crippen molar-refractivity contribution in [1.82, 2.24) is 30.0 Å². The minimum absolute atomic E-state index is 0.270. The molecule has 2 aromatic carbocycles. The number of aryl methyl sites for hydroxylation is 1. The second-order valence-electron chi connectivity index (χ2n) is 10.5. The first-order valence-corrected chi connectivity index (χ1v) is 13.4. The van der Waals surface area contributed by atoms with Crippen LogP contribution in [0.4, 0.5) is 5.69 Å². The van der Waals surface area contributed by atoms with E-state index in [1.165, 1.54) is 5.56 Å². The number of fused-ring (bicyclic) bond motifs is 1. The van der Waals surface area contributed by atoms with Crippen LogP contribution in [0.3, 0.4) is 0 Å². The quantitative estimate of drug-likeness (QED) is 0.250. The molecule has 0 radical (unpaired) electrons. The second-order valence-corrected chi connectivity index (χ2v) is 10.5. The van der Waals surface area contributed by atoms with Crippen LogP contribution in [0.15, 0.2) is 79.3 Å². The lowest BCUT2D eigenvalue weighted by Gasteiger charge is -2.46. The van der Waals surface area contributed by atoms with Crippen LogP contribution in [0, 0.1) is 17.2 Å². The van der Waals surface area contributed by atoms with Crippen molar-refractivity contribution < 1.29 is 4.79 Å². The first-order chi connectivity index (χ1) is 19.6. The topological polar surface area (TPSA) is 124 Å². The summed E-state index contributed by atoms with van der Waals surface area (Å²) in [5.41, 5.74) is 5.59. The van der Waals surface area contributed by atoms with Crippen LogP contribution in [-0.2, 0) is 25.6 Å². The van der Waals surface area contributed by atoms with Gasteiger partial charge in [0.15, 0.2) is 0 Å². The Morgan fingerprint density at radius 1 is 1.12 bits per heavy atom. The number of nitrogens with one attached hydrogen (secondary N) is 3. The maximum atomic E-state index is 13.4. The highest BCUT2D eigenvalue weighted by molar-refractivity contribution is 6.04. The van der Waals surface area contributed by atoms with Gasteiger partial charge < -0.3 is 20.2 Å². The van der Waals surface area contributed by atoms with E-state index in [0.717, 1.165) is 47.4 Å². The largest absolute Gasteiger partial charge is 0.360 e. The average Bonchev–Trinajstić information content (AvgIpc) is 3.60. The maximum absolute atomic E-state index is 13.4. The third-order valence-corrected chi connectivity index (χ3v) is 7.78. The zero-order chi connectivity index (χ0) is 27.5. The molecule has 40 heavy (non-hydrogen) atoms. The van der Waals surface area contributed by atoms with Crippen LogP contribution in [0.2, 0.25) is 0 Å². The first kappa shape index (κ1) is 25.5. The minimum Gasteiger partial charge on any atom is -0.360 e. The molecule has 0 unspecified atom stereocenters. The van der Waals surface area contributed by atoms with Crippen LogP contribution >= 0.6 is 0 Å². The van der Waals surface area contributed by atoms with Crippen molar-refractivity contribution in [2.45, 2.75) is 37.8 Å². The number of hydrogen-bond donors (Lipinski definition) is 3. The summed E-state index contributed by atoms with van der Waals surface area (Å²) in [5.74, 6) is 0.914. The summed E-state index contributed by atoms with van der Waals surface area (Å²) in [4.78, 5) is 21.3. The van der Waals surface area contributed by atoms with E-state index in [1.54, 1.807) is 6.33 Å². The van der Waals surface area contributed by atoms with Gasteiger partial charge in [0, 0.05) is 38.4 Å². The molecule has 3 aromatic heterocycles. The van der Waals surface area contributed by atoms with E-state index in [1.807, 2.05) is 66.3 Å². The number of amides is 1. The summed E-state index contributed by atoms with van der Waals surface area (Å²) in [5, 5.41) is 24.3. The average molecular weight is 531 g/mol. The Morgan fingerprint density at radius 3 is 2.75 bits per heavy atom. The maximum Gasteiger partial charge on any atom is 0.274 e. The molecule has 1 aliphatic rings. The molecule has 200 valence electrons. The molecule has 0 saturated heterocycles. The molecule has 0 aliphatic heterocycles. The van der Waals surface area contributed by atoms with E-state index >= 15 is 0 Å². The summed E-state index contributed by atoms with van der Waals surface area (Å²) in [7, 11) is 1.94. The molecule has 0 bridgehead atoms. The number of anilines is 1. The molecule has 0 atom stereocenters. The van der Waals surface area contributed by atoms with Crippen molar-refractivity contribution in [3.8, 4) is 6.07 Å². The fraction of sp³-hybridized carbons (Fsp3) is 0.258. The Bertz CT molecular complexity index is 1690. The van der Waals surface area contributed by atoms with Gasteiger partial charge in [0.25, 0.3) is 5.91 Å². The van der Waals surface area contributed by atoms with Gasteiger partial charge in [-0.05, 0) is 59.7 Å². The standard InChI is InChI=1S/C31H30N8O/c1-39-20-35-38-30(39)31(16-22(17-31)10-12-32)24-8-5-9-25(15-24)36-29(40)27-14-23(28-26(37-27)11-13-34-28)19-33-18-21-6-3-2-4-7-21/h2-9,11,13-15,20,22,33-34H,10,16-19H2,1H3,(H,36,40). The van der Waals surface area contributed by atoms with Crippen LogP contribution < -0.4 is 10.6 Å². The van der Waals surface area contributed by atoms with Gasteiger partial charge in [0.1, 0.15) is 17.8 Å². The molecule has 6 rings (SSSR count). The molecule has 3 N–H and O–H groups in total. The van der Waals surface area contributed by atoms with Gasteiger partial charge in [-0.3, -0.25) is 4.79 Å². The monoisotopic (exact) mass is 530 g/mol. The lowest BCUT2D eigenvalue weighted by atomic mass is 9.57. The number of nitrogens with zero attached hydrogens (tertiary/aromatic N) is 5. The summed E-state index contributed by atoms with van der Waals surface area (Å²) >= 11 is 0. The molecule has 0 spiro atoms. The van der Waals surface area contributed by atoms with Gasteiger partial charge in [-0.2, -0.15) is 5.26 Å². The molecular weight excluding hydrogens is 500 g/mol. The van der Waals surface area contributed by atoms with Crippen molar-refractivity contribution in [2.24, 2.45) is 13.0 Å². The Kier molecular flexibility index (Phi) is 6.84. The van der Waals surface area contributed by atoms with Crippen molar-refractivity contribution in [3.63, 3.8) is 0 Å². The number of pyridine rings is 1. The number of aromatic nitrogens is 5. The zero-order valence-corrected chi connectivity index (χ0v) is 22.3. The van der Waals surface area contributed by atoms with Gasteiger partial charge in [0.2, 0.25) is 0 Å². The Morgan fingerprint density at radius 2 is 1.98 bits per heavy atom. The van der Waals surface area contributed by atoms with Crippen LogP contribution in [0.5, 0.6) is 0 Å². The highest BCUT2D eigenvalue weighted by atomic mass is 16.1. The number of carbonyl (C=O) groups is 1. The number of hydrogen-bond acceptors (Lipinski definition) is 6. The molecule has 9 nitrogen and oxygen atoms in total. The highest BCUT2D eigenvalue weighted by Gasteiger charge is 2.49. The summed E-state index contributed by atoms with van der Waals surface area (Å²) in [6, 6.07) is 24.1. The predicted molar refractivity (Wildman–Crippen MR) is 152 cm³/mol. The van der Waals surface area contributed by atoms with E-state index in [-0.39, 0.29) is 11.3 Å². The SMILES string of the molecule is Cn1cnnc1C1(c2cccc(NC(=O)c3cc(CNCc4ccccc4)c4[nH]ccc4n3)c2)CC(CC#N)C1. The molecule has 3 heterocycles. The van der Waals surface area contributed by atoms with Crippen molar-refractivity contribution in [2.75, 3.05) is 5.32 Å². The number of nitriles is 1. The van der Waals surface area contributed by atoms with Gasteiger partial charge >= 0.3 is 0 Å². The Labute approximate surface area is 232 Å². The summed E-state index contributed by atoms with van der Waals surface area (Å²) in [6.45, 7) is 1.32. The number of aromatic amines is 1. The van der Waals surface area contributed by atoms with Crippen LogP contribution in [0.25, 0.3) is 11.0 Å². The van der Waals surface area contributed by atoms with Crippen molar-refractivity contribution >= 4 is 22.6 Å².